The van der Waals surface area contributed by atoms with Gasteiger partial charge in [0.05, 0.1) is 17.9 Å². The normalized spacial score (nSPS) is 15.2. The zero-order valence-electron chi connectivity index (χ0n) is 28.2. The zero-order valence-corrected chi connectivity index (χ0v) is 28.2. The average molecular weight is 688 g/mol. The van der Waals surface area contributed by atoms with E-state index < -0.39 is 34.8 Å². The Kier molecular flexibility index (Phi) is 10.2. The molecule has 1 saturated heterocycles. The second kappa shape index (κ2) is 14.7. The number of likely N-dealkylation sites (tertiary alicyclic amines) is 1. The summed E-state index contributed by atoms with van der Waals surface area (Å²) in [4.78, 5) is 65.5. The van der Waals surface area contributed by atoms with E-state index in [9.17, 15) is 23.6 Å². The van der Waals surface area contributed by atoms with Crippen molar-refractivity contribution >= 4 is 17.5 Å². The molecule has 50 heavy (non-hydrogen) atoms. The van der Waals surface area contributed by atoms with E-state index in [0.29, 0.717) is 43.1 Å². The number of rotatable bonds is 9. The van der Waals surface area contributed by atoms with Gasteiger partial charge in [-0.2, -0.15) is 0 Å². The minimum absolute atomic E-state index is 0.0361. The third kappa shape index (κ3) is 7.49. The first-order valence-electron chi connectivity index (χ1n) is 16.7. The number of nitrogens with one attached hydrogen (secondary N) is 1. The van der Waals surface area contributed by atoms with Crippen LogP contribution in [0.1, 0.15) is 67.2 Å². The average Bonchev–Trinajstić information content (AvgIpc) is 3.09. The van der Waals surface area contributed by atoms with E-state index in [0.717, 1.165) is 61.3 Å². The van der Waals surface area contributed by atoms with Crippen LogP contribution in [-0.4, -0.2) is 67.4 Å². The van der Waals surface area contributed by atoms with Gasteiger partial charge in [-0.3, -0.25) is 19.0 Å². The van der Waals surface area contributed by atoms with E-state index in [1.165, 1.54) is 35.2 Å². The second-order valence-corrected chi connectivity index (χ2v) is 13.1. The van der Waals surface area contributed by atoms with E-state index >= 15 is 4.39 Å². The molecule has 0 atom stereocenters. The number of nitrogens with zero attached hydrogens (tertiary/aromatic N) is 6. The van der Waals surface area contributed by atoms with Gasteiger partial charge in [-0.15, -0.1) is 0 Å². The molecule has 4 heterocycles. The number of benzene rings is 2. The monoisotopic (exact) mass is 687 g/mol. The molecule has 0 saturated carbocycles. The van der Waals surface area contributed by atoms with Gasteiger partial charge in [-0.05, 0) is 102 Å². The Bertz CT molecular complexity index is 2020. The largest absolute Gasteiger partial charge is 0.436 e. The minimum Gasteiger partial charge on any atom is -0.436 e. The first-order valence-corrected chi connectivity index (χ1v) is 16.7. The Morgan fingerprint density at radius 1 is 1.02 bits per heavy atom. The van der Waals surface area contributed by atoms with E-state index in [-0.39, 0.29) is 34.5 Å². The summed E-state index contributed by atoms with van der Waals surface area (Å²) < 4.78 is 36.8. The Morgan fingerprint density at radius 3 is 2.46 bits per heavy atom. The lowest BCUT2D eigenvalue weighted by Crippen LogP contribution is -2.42. The number of carbonyl (C=O) groups is 2. The lowest BCUT2D eigenvalue weighted by Gasteiger charge is -2.31. The molecule has 2 aliphatic rings. The Morgan fingerprint density at radius 2 is 1.76 bits per heavy atom. The first-order chi connectivity index (χ1) is 24.0. The lowest BCUT2D eigenvalue weighted by molar-refractivity contribution is -0.132. The first kappa shape index (κ1) is 34.6. The van der Waals surface area contributed by atoms with Gasteiger partial charge in [-0.1, -0.05) is 0 Å². The highest BCUT2D eigenvalue weighted by Gasteiger charge is 2.27. The Balaban J connectivity index is 1.14. The van der Waals surface area contributed by atoms with Gasteiger partial charge in [0.2, 0.25) is 11.8 Å². The maximum atomic E-state index is 15.4. The number of carbonyl (C=O) groups excluding carboxylic acids is 2. The topological polar surface area (TPSA) is 132 Å². The van der Waals surface area contributed by atoms with Gasteiger partial charge in [0, 0.05) is 42.5 Å². The smallest absolute Gasteiger partial charge is 0.335 e. The van der Waals surface area contributed by atoms with Crippen LogP contribution in [0.25, 0.3) is 5.69 Å². The van der Waals surface area contributed by atoms with Crippen LogP contribution in [0.3, 0.4) is 0 Å². The molecule has 14 heteroatoms. The Labute approximate surface area is 287 Å². The van der Waals surface area contributed by atoms with Gasteiger partial charge in [0.1, 0.15) is 17.7 Å². The number of aromatic nitrogens is 4. The summed E-state index contributed by atoms with van der Waals surface area (Å²) in [7, 11) is 2.12. The maximum absolute atomic E-state index is 15.4. The highest BCUT2D eigenvalue weighted by Crippen LogP contribution is 2.31. The molecule has 2 aromatic carbocycles. The van der Waals surface area contributed by atoms with E-state index in [2.05, 4.69) is 27.2 Å². The van der Waals surface area contributed by atoms with Crippen LogP contribution in [0.4, 0.5) is 14.5 Å². The number of hydrogen-bond acceptors (Lipinski definition) is 8. The summed E-state index contributed by atoms with van der Waals surface area (Å²) in [5.74, 6) is -1.53. The highest BCUT2D eigenvalue weighted by molar-refractivity contribution is 6.03. The van der Waals surface area contributed by atoms with Crippen molar-refractivity contribution in [3.63, 3.8) is 0 Å². The Hall–Kier alpha value is -5.24. The van der Waals surface area contributed by atoms with Crippen molar-refractivity contribution in [1.29, 1.82) is 0 Å². The van der Waals surface area contributed by atoms with Gasteiger partial charge >= 0.3 is 5.69 Å². The van der Waals surface area contributed by atoms with E-state index in [1.807, 2.05) is 0 Å². The lowest BCUT2D eigenvalue weighted by atomic mass is 9.92. The molecule has 1 fully saturated rings. The molecule has 0 bridgehead atoms. The van der Waals surface area contributed by atoms with Crippen molar-refractivity contribution in [3.05, 3.63) is 104 Å². The molecule has 4 aromatic rings. The van der Waals surface area contributed by atoms with E-state index in [1.54, 1.807) is 18.7 Å². The van der Waals surface area contributed by atoms with Crippen LogP contribution >= 0.6 is 0 Å². The molecule has 0 radical (unpaired) electrons. The summed E-state index contributed by atoms with van der Waals surface area (Å²) in [6, 6.07) is 8.10. The second-order valence-electron chi connectivity index (χ2n) is 13.1. The molecule has 2 amide bonds. The number of hydrogen-bond donors (Lipinski definition) is 1. The third-order valence-electron chi connectivity index (χ3n) is 9.32. The predicted molar refractivity (Wildman–Crippen MR) is 182 cm³/mol. The summed E-state index contributed by atoms with van der Waals surface area (Å²) in [6.07, 6.45) is 6.53. The maximum Gasteiger partial charge on any atom is 0.335 e. The van der Waals surface area contributed by atoms with Gasteiger partial charge in [0.25, 0.3) is 11.5 Å². The molecule has 262 valence electrons. The molecule has 2 aliphatic heterocycles. The van der Waals surface area contributed by atoms with Crippen molar-refractivity contribution < 1.29 is 23.1 Å². The number of anilines is 1. The summed E-state index contributed by atoms with van der Waals surface area (Å²) in [5.41, 5.74) is -0.516. The van der Waals surface area contributed by atoms with E-state index in [4.69, 9.17) is 4.74 Å². The predicted octanol–water partition coefficient (Wildman–Crippen LogP) is 4.70. The van der Waals surface area contributed by atoms with Crippen LogP contribution in [0, 0.1) is 17.6 Å². The number of halogens is 2. The van der Waals surface area contributed by atoms with Gasteiger partial charge in [0.15, 0.2) is 11.6 Å². The van der Waals surface area contributed by atoms with Gasteiger partial charge < -0.3 is 19.9 Å². The van der Waals surface area contributed by atoms with Crippen LogP contribution in [0.5, 0.6) is 11.6 Å². The third-order valence-corrected chi connectivity index (χ3v) is 9.32. The summed E-state index contributed by atoms with van der Waals surface area (Å²) >= 11 is 0. The van der Waals surface area contributed by atoms with Crippen LogP contribution in [-0.2, 0) is 17.8 Å². The fraction of sp³-hybridized carbons (Fsp3) is 0.389. The fourth-order valence-electron chi connectivity index (χ4n) is 6.34. The molecule has 6 rings (SSSR count). The zero-order chi connectivity index (χ0) is 35.5. The molecular formula is C36H39F2N7O5. The van der Waals surface area contributed by atoms with Crippen molar-refractivity contribution in [2.45, 2.75) is 58.5 Å². The molecule has 12 nitrogen and oxygen atoms in total. The fourth-order valence-corrected chi connectivity index (χ4v) is 6.34. The quantitative estimate of drug-likeness (QED) is 0.268. The van der Waals surface area contributed by atoms with Crippen molar-refractivity contribution in [3.8, 4) is 17.3 Å². The van der Waals surface area contributed by atoms with Crippen LogP contribution in [0.15, 0.2) is 64.6 Å². The molecular weight excluding hydrogens is 648 g/mol. The molecule has 0 spiro atoms. The van der Waals surface area contributed by atoms with Crippen molar-refractivity contribution in [2.24, 2.45) is 5.92 Å². The molecule has 0 aliphatic carbocycles. The number of piperidine rings is 1. The van der Waals surface area contributed by atoms with Crippen LogP contribution in [0.2, 0.25) is 0 Å². The van der Waals surface area contributed by atoms with Crippen LogP contribution < -0.4 is 21.3 Å². The summed E-state index contributed by atoms with van der Waals surface area (Å²) in [5, 5.41) is 2.51. The molecule has 2 aromatic heterocycles. The van der Waals surface area contributed by atoms with Crippen molar-refractivity contribution in [1.82, 2.24) is 28.9 Å². The molecule has 1 N–H and O–H groups in total. The number of amides is 2. The number of fused-ring (bicyclic) bond motifs is 1. The minimum atomic E-state index is -0.914. The summed E-state index contributed by atoms with van der Waals surface area (Å²) in [6.45, 7) is 6.33. The van der Waals surface area contributed by atoms with Crippen molar-refractivity contribution in [2.75, 3.05) is 32.0 Å². The number of ether oxygens (including phenoxy) is 1. The SMILES string of the molecule is CC(C)n1cc(C(=O)Nc2ccc(Oc3ncnc4c3CCN(C(=O)CCC3CCN(C)CC3)C4)c(F)c2)c(=O)n(-c2ccc(F)cc2)c1=O. The highest BCUT2D eigenvalue weighted by atomic mass is 19.1. The standard InChI is InChI=1S/C36H39F2N7O5/c1-22(2)44-19-28(35(48)45(36(44)49)26-8-5-24(37)6-9-26)33(47)41-25-7-10-31(29(38)18-25)50-34-27-14-17-43(20-30(27)39-21-40-34)32(46)11-4-23-12-15-42(3)16-13-23/h5-10,18-19,21-23H,4,11-17,20H2,1-3H3,(H,41,47). The molecule has 0 unspecified atom stereocenters. The van der Waals surface area contributed by atoms with Gasteiger partial charge in [-0.25, -0.2) is 28.1 Å².